The zero-order chi connectivity index (χ0) is 41.8. The molecule has 0 aliphatic carbocycles. The van der Waals surface area contributed by atoms with Gasteiger partial charge in [-0.05, 0) is 101 Å². The summed E-state index contributed by atoms with van der Waals surface area (Å²) in [6.07, 6.45) is 2.74. The molecule has 0 unspecified atom stereocenters. The van der Waals surface area contributed by atoms with Gasteiger partial charge in [0.15, 0.2) is 17.6 Å². The van der Waals surface area contributed by atoms with Gasteiger partial charge in [0, 0.05) is 36.5 Å². The van der Waals surface area contributed by atoms with E-state index in [2.05, 4.69) is 34.3 Å². The van der Waals surface area contributed by atoms with Crippen molar-refractivity contribution in [2.24, 2.45) is 0 Å². The summed E-state index contributed by atoms with van der Waals surface area (Å²) in [6.45, 7) is 5.16. The number of carbonyl (C=O) groups is 2. The maximum atomic E-state index is 14.4. The van der Waals surface area contributed by atoms with Gasteiger partial charge >= 0.3 is 5.97 Å². The Morgan fingerprint density at radius 2 is 1.60 bits per heavy atom. The molecule has 5 aromatic carbocycles. The molecular formula is C49H45Cl2N3O6. The Balaban J connectivity index is 0.990. The minimum Gasteiger partial charge on any atom is -0.489 e. The van der Waals surface area contributed by atoms with Crippen LogP contribution in [0.3, 0.4) is 0 Å². The maximum absolute atomic E-state index is 14.4. The zero-order valence-corrected chi connectivity index (χ0v) is 34.8. The Labute approximate surface area is 359 Å². The van der Waals surface area contributed by atoms with Crippen molar-refractivity contribution in [3.8, 4) is 28.4 Å². The number of amides is 1. The van der Waals surface area contributed by atoms with Crippen molar-refractivity contribution in [2.45, 2.75) is 70.5 Å². The van der Waals surface area contributed by atoms with Crippen molar-refractivity contribution in [3.63, 3.8) is 0 Å². The molecular weight excluding hydrogens is 797 g/mol. The second kappa shape index (κ2) is 18.2. The molecule has 0 saturated carbocycles. The van der Waals surface area contributed by atoms with Crippen LogP contribution in [-0.4, -0.2) is 45.6 Å². The first-order valence-electron chi connectivity index (χ1n) is 20.1. The molecule has 2 N–H and O–H groups in total. The zero-order valence-electron chi connectivity index (χ0n) is 33.3. The molecule has 0 radical (unpaired) electrons. The lowest BCUT2D eigenvalue weighted by Crippen LogP contribution is -2.55. The Morgan fingerprint density at radius 1 is 0.867 bits per heavy atom. The third kappa shape index (κ3) is 9.29. The fourth-order valence-electron chi connectivity index (χ4n) is 7.99. The fourth-order valence-corrected chi connectivity index (χ4v) is 8.31. The number of carboxylic acids is 1. The number of hydrogen-bond acceptors (Lipinski definition) is 7. The largest absolute Gasteiger partial charge is 0.489 e. The normalized spacial score (nSPS) is 16.9. The third-order valence-electron chi connectivity index (χ3n) is 11.3. The predicted molar refractivity (Wildman–Crippen MR) is 233 cm³/mol. The summed E-state index contributed by atoms with van der Waals surface area (Å²) in [5.41, 5.74) is 8.63. The van der Waals surface area contributed by atoms with E-state index in [-0.39, 0.29) is 24.5 Å². The van der Waals surface area contributed by atoms with E-state index in [1.165, 1.54) is 0 Å². The number of nitrogens with one attached hydrogen (secondary N) is 1. The SMILES string of the molecule is CC[C@@H](c1ccccc1)N1Cc2cc3c(cc2C[C@H]1C(=O)N[C@@H](Cc1ccc(-c2ccc(C)nc2)cc1)C(=O)O)OC[C@H](c1ccc(OCc2ccc(Cl)c(Cl)c2)cc1)O3. The van der Waals surface area contributed by atoms with E-state index in [0.717, 1.165) is 56.6 Å². The first-order chi connectivity index (χ1) is 29.1. The molecule has 3 heterocycles. The Bertz CT molecular complexity index is 2460. The van der Waals surface area contributed by atoms with E-state index in [1.54, 1.807) is 12.1 Å². The quantitative estimate of drug-likeness (QED) is 0.118. The summed E-state index contributed by atoms with van der Waals surface area (Å²) in [6, 6.07) is 37.2. The van der Waals surface area contributed by atoms with Crippen LogP contribution in [0, 0.1) is 6.92 Å². The van der Waals surface area contributed by atoms with Crippen LogP contribution in [0.25, 0.3) is 11.1 Å². The Kier molecular flexibility index (Phi) is 12.4. The van der Waals surface area contributed by atoms with Crippen LogP contribution in [0.1, 0.15) is 64.6 Å². The van der Waals surface area contributed by atoms with E-state index in [0.29, 0.717) is 53.5 Å². The highest BCUT2D eigenvalue weighted by Crippen LogP contribution is 2.42. The van der Waals surface area contributed by atoms with Crippen molar-refractivity contribution in [1.29, 1.82) is 0 Å². The number of aryl methyl sites for hydroxylation is 1. The molecule has 0 saturated heterocycles. The van der Waals surface area contributed by atoms with E-state index in [9.17, 15) is 14.7 Å². The molecule has 1 amide bonds. The van der Waals surface area contributed by atoms with Gasteiger partial charge in [-0.15, -0.1) is 0 Å². The molecule has 8 rings (SSSR count). The molecule has 2 aliphatic rings. The first-order valence-corrected chi connectivity index (χ1v) is 20.8. The molecule has 6 aromatic rings. The van der Waals surface area contributed by atoms with E-state index >= 15 is 0 Å². The highest BCUT2D eigenvalue weighted by molar-refractivity contribution is 6.42. The molecule has 1 aromatic heterocycles. The molecule has 2 aliphatic heterocycles. The number of carboxylic acid groups (broad SMARTS) is 1. The number of carbonyl (C=O) groups excluding carboxylic acids is 1. The lowest BCUT2D eigenvalue weighted by atomic mass is 9.89. The molecule has 11 heteroatoms. The second-order valence-electron chi connectivity index (χ2n) is 15.3. The van der Waals surface area contributed by atoms with E-state index in [1.807, 2.05) is 110 Å². The van der Waals surface area contributed by atoms with Gasteiger partial charge in [0.1, 0.15) is 25.0 Å². The summed E-state index contributed by atoms with van der Waals surface area (Å²) in [4.78, 5) is 33.6. The standard InChI is InChI=1S/C49H45Cl2N3O6/c1-3-43(34-7-5-4-6-8-34)54-27-38-25-46-45(59-29-47(60-46)35-16-18-39(19-17-35)58-28-32-12-20-40(50)41(51)21-32)24-37(38)23-44(54)48(55)53-42(49(56)57)22-31-10-14-33(15-11-31)36-13-9-30(2)52-26-36/h4-21,24-26,42-44,47H,3,22-23,27-29H2,1-2H3,(H,53,55)(H,56,57)/t42-,43-,44-,47+/m0/s1. The molecule has 0 spiro atoms. The topological polar surface area (TPSA) is 110 Å². The van der Waals surface area contributed by atoms with Gasteiger partial charge in [-0.3, -0.25) is 14.7 Å². The van der Waals surface area contributed by atoms with Crippen LogP contribution in [0.2, 0.25) is 10.0 Å². The van der Waals surface area contributed by atoms with Crippen molar-refractivity contribution in [2.75, 3.05) is 6.61 Å². The minimum atomic E-state index is -1.12. The number of aromatic nitrogens is 1. The summed E-state index contributed by atoms with van der Waals surface area (Å²) >= 11 is 12.2. The van der Waals surface area contributed by atoms with Gasteiger partial charge in [-0.25, -0.2) is 4.79 Å². The fraction of sp³-hybridized carbons (Fsp3) is 0.245. The number of hydrogen-bond donors (Lipinski definition) is 2. The molecule has 0 fully saturated rings. The monoisotopic (exact) mass is 841 g/mol. The van der Waals surface area contributed by atoms with E-state index in [4.69, 9.17) is 37.4 Å². The van der Waals surface area contributed by atoms with Gasteiger partial charge < -0.3 is 24.6 Å². The van der Waals surface area contributed by atoms with Crippen molar-refractivity contribution in [1.82, 2.24) is 15.2 Å². The average molecular weight is 843 g/mol. The van der Waals surface area contributed by atoms with Gasteiger partial charge in [0.05, 0.1) is 16.1 Å². The lowest BCUT2D eigenvalue weighted by Gasteiger charge is -2.42. The molecule has 4 atom stereocenters. The average Bonchev–Trinajstić information content (AvgIpc) is 3.26. The Morgan fingerprint density at radius 3 is 2.30 bits per heavy atom. The highest BCUT2D eigenvalue weighted by atomic mass is 35.5. The number of nitrogens with zero attached hydrogens (tertiary/aromatic N) is 2. The van der Waals surface area contributed by atoms with Crippen LogP contribution >= 0.6 is 23.2 Å². The minimum absolute atomic E-state index is 0.0967. The highest BCUT2D eigenvalue weighted by Gasteiger charge is 2.38. The third-order valence-corrected chi connectivity index (χ3v) is 12.0. The van der Waals surface area contributed by atoms with Crippen molar-refractivity contribution in [3.05, 3.63) is 177 Å². The molecule has 0 bridgehead atoms. The number of benzene rings is 5. The van der Waals surface area contributed by atoms with Crippen LogP contribution in [0.4, 0.5) is 0 Å². The number of fused-ring (bicyclic) bond motifs is 2. The van der Waals surface area contributed by atoms with Crippen LogP contribution in [0.15, 0.2) is 128 Å². The number of rotatable bonds is 13. The Hall–Kier alpha value is -5.87. The smallest absolute Gasteiger partial charge is 0.326 e. The summed E-state index contributed by atoms with van der Waals surface area (Å²) in [5.74, 6) is 0.536. The molecule has 9 nitrogen and oxygen atoms in total. The van der Waals surface area contributed by atoms with Gasteiger partial charge in [0.2, 0.25) is 5.91 Å². The van der Waals surface area contributed by atoms with Crippen molar-refractivity contribution >= 4 is 35.1 Å². The number of aliphatic carboxylic acids is 1. The summed E-state index contributed by atoms with van der Waals surface area (Å²) < 4.78 is 18.9. The number of ether oxygens (including phenoxy) is 3. The van der Waals surface area contributed by atoms with Gasteiger partial charge in [-0.1, -0.05) is 109 Å². The molecule has 60 heavy (non-hydrogen) atoms. The van der Waals surface area contributed by atoms with Crippen LogP contribution in [0.5, 0.6) is 17.2 Å². The van der Waals surface area contributed by atoms with Crippen LogP contribution in [-0.2, 0) is 35.6 Å². The molecule has 306 valence electrons. The van der Waals surface area contributed by atoms with Crippen molar-refractivity contribution < 1.29 is 28.9 Å². The van der Waals surface area contributed by atoms with Gasteiger partial charge in [-0.2, -0.15) is 0 Å². The second-order valence-corrected chi connectivity index (χ2v) is 16.1. The maximum Gasteiger partial charge on any atom is 0.326 e. The van der Waals surface area contributed by atoms with E-state index < -0.39 is 18.1 Å². The van der Waals surface area contributed by atoms with Gasteiger partial charge in [0.25, 0.3) is 0 Å². The number of pyridine rings is 1. The summed E-state index contributed by atoms with van der Waals surface area (Å²) in [7, 11) is 0. The summed E-state index contributed by atoms with van der Waals surface area (Å²) in [5, 5.41) is 14.3. The lowest BCUT2D eigenvalue weighted by molar-refractivity contribution is -0.143. The number of halogens is 2. The first kappa shape index (κ1) is 40.9. The predicted octanol–water partition coefficient (Wildman–Crippen LogP) is 10.1. The van der Waals surface area contributed by atoms with Crippen LogP contribution < -0.4 is 19.5 Å².